The number of rotatable bonds is 7. The van der Waals surface area contributed by atoms with Crippen LogP contribution in [0, 0.1) is 0 Å². The lowest BCUT2D eigenvalue weighted by Crippen LogP contribution is -2.23. The summed E-state index contributed by atoms with van der Waals surface area (Å²) in [5.41, 5.74) is 1.66. The van der Waals surface area contributed by atoms with E-state index < -0.39 is 0 Å². The zero-order valence-corrected chi connectivity index (χ0v) is 16.4. The molecule has 6 nitrogen and oxygen atoms in total. The minimum absolute atomic E-state index is 0.114. The van der Waals surface area contributed by atoms with E-state index in [4.69, 9.17) is 4.74 Å². The third kappa shape index (κ3) is 4.31. The van der Waals surface area contributed by atoms with Crippen LogP contribution in [0.1, 0.15) is 13.8 Å². The minimum Gasteiger partial charge on any atom is -0.495 e. The van der Waals surface area contributed by atoms with Crippen LogP contribution in [0.4, 0.5) is 5.69 Å². The summed E-state index contributed by atoms with van der Waals surface area (Å²) in [6, 6.07) is 17.3. The molecule has 0 radical (unpaired) electrons. The molecule has 0 aliphatic rings. The van der Waals surface area contributed by atoms with Crippen LogP contribution >= 0.6 is 11.8 Å². The van der Waals surface area contributed by atoms with Gasteiger partial charge < -0.3 is 14.6 Å². The second-order valence-electron chi connectivity index (χ2n) is 5.87. The van der Waals surface area contributed by atoms with Crippen molar-refractivity contribution in [3.8, 4) is 17.1 Å². The number of carbonyl (C=O) groups is 1. The summed E-state index contributed by atoms with van der Waals surface area (Å²) in [7, 11) is 1.58. The number of aromatic nitrogens is 3. The molecule has 1 atom stereocenters. The summed E-state index contributed by atoms with van der Waals surface area (Å²) < 4.78 is 7.31. The van der Waals surface area contributed by atoms with Gasteiger partial charge in [0, 0.05) is 12.1 Å². The largest absolute Gasteiger partial charge is 0.495 e. The Kier molecular flexibility index (Phi) is 6.13. The van der Waals surface area contributed by atoms with Crippen LogP contribution in [-0.2, 0) is 11.3 Å². The van der Waals surface area contributed by atoms with Gasteiger partial charge in [-0.05, 0) is 26.0 Å². The Labute approximate surface area is 163 Å². The number of hydrogen-bond donors (Lipinski definition) is 1. The summed E-state index contributed by atoms with van der Waals surface area (Å²) in [6.07, 6.45) is 0. The predicted molar refractivity (Wildman–Crippen MR) is 108 cm³/mol. The van der Waals surface area contributed by atoms with Gasteiger partial charge in [-0.15, -0.1) is 10.2 Å². The van der Waals surface area contributed by atoms with E-state index in [2.05, 4.69) is 15.5 Å². The number of amides is 1. The number of para-hydroxylation sites is 2. The molecule has 1 heterocycles. The molecule has 1 aromatic heterocycles. The lowest BCUT2D eigenvalue weighted by Gasteiger charge is -2.14. The highest BCUT2D eigenvalue weighted by molar-refractivity contribution is 8.00. The Morgan fingerprint density at radius 1 is 1.15 bits per heavy atom. The highest BCUT2D eigenvalue weighted by atomic mass is 32.2. The average molecular weight is 382 g/mol. The van der Waals surface area contributed by atoms with Crippen molar-refractivity contribution >= 4 is 23.4 Å². The van der Waals surface area contributed by atoms with Gasteiger partial charge in [-0.2, -0.15) is 0 Å². The zero-order chi connectivity index (χ0) is 19.2. The Morgan fingerprint density at radius 2 is 1.85 bits per heavy atom. The second-order valence-corrected chi connectivity index (χ2v) is 7.17. The van der Waals surface area contributed by atoms with Gasteiger partial charge in [0.15, 0.2) is 11.0 Å². The van der Waals surface area contributed by atoms with E-state index in [-0.39, 0.29) is 11.2 Å². The fourth-order valence-electron chi connectivity index (χ4n) is 2.66. The van der Waals surface area contributed by atoms with Crippen LogP contribution in [0.3, 0.4) is 0 Å². The summed E-state index contributed by atoms with van der Waals surface area (Å²) in [5.74, 6) is 1.32. The molecular weight excluding hydrogens is 360 g/mol. The smallest absolute Gasteiger partial charge is 0.237 e. The molecule has 140 valence electrons. The molecule has 0 aliphatic carbocycles. The molecule has 0 saturated heterocycles. The van der Waals surface area contributed by atoms with Gasteiger partial charge >= 0.3 is 0 Å². The molecule has 7 heteroatoms. The van der Waals surface area contributed by atoms with Crippen molar-refractivity contribution in [1.82, 2.24) is 14.8 Å². The lowest BCUT2D eigenvalue weighted by atomic mass is 10.2. The molecule has 27 heavy (non-hydrogen) atoms. The molecule has 0 saturated carbocycles. The quantitative estimate of drug-likeness (QED) is 0.623. The highest BCUT2D eigenvalue weighted by Crippen LogP contribution is 2.28. The van der Waals surface area contributed by atoms with E-state index in [1.807, 2.05) is 73.0 Å². The Morgan fingerprint density at radius 3 is 2.56 bits per heavy atom. The number of benzene rings is 2. The minimum atomic E-state index is -0.340. The number of methoxy groups -OCH3 is 1. The van der Waals surface area contributed by atoms with Gasteiger partial charge in [0.1, 0.15) is 5.75 Å². The maximum atomic E-state index is 12.6. The van der Waals surface area contributed by atoms with E-state index in [1.165, 1.54) is 11.8 Å². The van der Waals surface area contributed by atoms with Crippen LogP contribution in [0.2, 0.25) is 0 Å². The first-order chi connectivity index (χ1) is 13.1. The van der Waals surface area contributed by atoms with Crippen LogP contribution < -0.4 is 10.1 Å². The van der Waals surface area contributed by atoms with Crippen LogP contribution in [-0.4, -0.2) is 33.0 Å². The predicted octanol–water partition coefficient (Wildman–Crippen LogP) is 4.09. The van der Waals surface area contributed by atoms with Crippen LogP contribution in [0.15, 0.2) is 59.8 Å². The van der Waals surface area contributed by atoms with Gasteiger partial charge in [-0.3, -0.25) is 4.79 Å². The molecule has 0 fully saturated rings. The Hall–Kier alpha value is -2.80. The van der Waals surface area contributed by atoms with Crippen molar-refractivity contribution in [1.29, 1.82) is 0 Å². The second kappa shape index (κ2) is 8.73. The topological polar surface area (TPSA) is 69.0 Å². The van der Waals surface area contributed by atoms with Crippen molar-refractivity contribution < 1.29 is 9.53 Å². The first-order valence-corrected chi connectivity index (χ1v) is 9.61. The summed E-state index contributed by atoms with van der Waals surface area (Å²) in [4.78, 5) is 12.6. The fourth-order valence-corrected chi connectivity index (χ4v) is 3.57. The average Bonchev–Trinajstić information content (AvgIpc) is 3.11. The third-order valence-corrected chi connectivity index (χ3v) is 5.16. The fraction of sp³-hybridized carbons (Fsp3) is 0.250. The van der Waals surface area contributed by atoms with E-state index >= 15 is 0 Å². The van der Waals surface area contributed by atoms with Crippen LogP contribution in [0.25, 0.3) is 11.4 Å². The molecule has 3 aromatic rings. The van der Waals surface area contributed by atoms with Gasteiger partial charge in [-0.1, -0.05) is 54.2 Å². The number of hydrogen-bond acceptors (Lipinski definition) is 5. The summed E-state index contributed by atoms with van der Waals surface area (Å²) in [6.45, 7) is 4.62. The third-order valence-electron chi connectivity index (χ3n) is 4.08. The van der Waals surface area contributed by atoms with Crippen molar-refractivity contribution in [3.05, 3.63) is 54.6 Å². The number of nitrogens with zero attached hydrogens (tertiary/aromatic N) is 3. The van der Waals surface area contributed by atoms with Gasteiger partial charge in [0.25, 0.3) is 0 Å². The molecule has 0 bridgehead atoms. The molecule has 0 aliphatic heterocycles. The molecule has 2 aromatic carbocycles. The van der Waals surface area contributed by atoms with E-state index in [1.54, 1.807) is 7.11 Å². The maximum Gasteiger partial charge on any atom is 0.237 e. The van der Waals surface area contributed by atoms with Gasteiger partial charge in [0.05, 0.1) is 18.0 Å². The van der Waals surface area contributed by atoms with E-state index in [9.17, 15) is 4.79 Å². The number of anilines is 1. The molecular formula is C20H22N4O2S. The van der Waals surface area contributed by atoms with Crippen molar-refractivity contribution in [2.45, 2.75) is 30.8 Å². The number of nitrogens with one attached hydrogen (secondary N) is 1. The SMILES string of the molecule is CCn1c(S[C@H](C)C(=O)Nc2ccccc2OC)nnc1-c1ccccc1. The summed E-state index contributed by atoms with van der Waals surface area (Å²) >= 11 is 1.39. The maximum absolute atomic E-state index is 12.6. The molecule has 1 amide bonds. The monoisotopic (exact) mass is 382 g/mol. The highest BCUT2D eigenvalue weighted by Gasteiger charge is 2.21. The van der Waals surface area contributed by atoms with Gasteiger partial charge in [0.2, 0.25) is 5.91 Å². The first-order valence-electron chi connectivity index (χ1n) is 8.73. The standard InChI is InChI=1S/C20H22N4O2S/c1-4-24-18(15-10-6-5-7-11-15)22-23-20(24)27-14(2)19(25)21-16-12-8-9-13-17(16)26-3/h5-14H,4H2,1-3H3,(H,21,25)/t14-/m1/s1. The zero-order valence-electron chi connectivity index (χ0n) is 15.5. The Balaban J connectivity index is 1.75. The number of carbonyl (C=O) groups excluding carboxylic acids is 1. The normalized spacial score (nSPS) is 11.8. The molecule has 0 unspecified atom stereocenters. The molecule has 3 rings (SSSR count). The Bertz CT molecular complexity index is 911. The van der Waals surface area contributed by atoms with Crippen molar-refractivity contribution in [2.75, 3.05) is 12.4 Å². The summed E-state index contributed by atoms with van der Waals surface area (Å²) in [5, 5.41) is 11.9. The molecule has 0 spiro atoms. The number of ether oxygens (including phenoxy) is 1. The van der Waals surface area contributed by atoms with E-state index in [0.29, 0.717) is 11.4 Å². The lowest BCUT2D eigenvalue weighted by molar-refractivity contribution is -0.115. The van der Waals surface area contributed by atoms with Crippen LogP contribution in [0.5, 0.6) is 5.75 Å². The van der Waals surface area contributed by atoms with E-state index in [0.717, 1.165) is 23.1 Å². The van der Waals surface area contributed by atoms with Crippen molar-refractivity contribution in [2.24, 2.45) is 0 Å². The number of thioether (sulfide) groups is 1. The van der Waals surface area contributed by atoms with Crippen molar-refractivity contribution in [3.63, 3.8) is 0 Å². The van der Waals surface area contributed by atoms with Gasteiger partial charge in [-0.25, -0.2) is 0 Å². The first kappa shape index (κ1) is 19.0. The molecule has 1 N–H and O–H groups in total.